The number of rotatable bonds is 7. The van der Waals surface area contributed by atoms with Gasteiger partial charge in [-0.2, -0.15) is 31.4 Å². The van der Waals surface area contributed by atoms with Gasteiger partial charge in [0.25, 0.3) is 11.1 Å². The molecule has 0 saturated carbocycles. The van der Waals surface area contributed by atoms with Crippen LogP contribution in [0.5, 0.6) is 0 Å². The minimum Gasteiger partial charge on any atom is -0.381 e. The lowest BCUT2D eigenvalue weighted by Crippen LogP contribution is -2.31. The molecule has 8 nitrogen and oxygen atoms in total. The third-order valence-corrected chi connectivity index (χ3v) is 6.37. The molecular weight excluding hydrogens is 542 g/mol. The van der Waals surface area contributed by atoms with E-state index in [0.717, 1.165) is 13.2 Å². The van der Waals surface area contributed by atoms with Crippen LogP contribution in [0.2, 0.25) is 0 Å². The van der Waals surface area contributed by atoms with Gasteiger partial charge in [0.1, 0.15) is 5.56 Å². The van der Waals surface area contributed by atoms with Gasteiger partial charge >= 0.3 is 12.4 Å². The maximum absolute atomic E-state index is 13.4. The highest BCUT2D eigenvalue weighted by molar-refractivity contribution is 5.88. The van der Waals surface area contributed by atoms with Crippen molar-refractivity contribution in [3.05, 3.63) is 80.4 Å². The number of hydrogen-bond donors (Lipinski definition) is 1. The van der Waals surface area contributed by atoms with E-state index < -0.39 is 40.8 Å². The van der Waals surface area contributed by atoms with E-state index in [9.17, 15) is 35.9 Å². The van der Waals surface area contributed by atoms with Gasteiger partial charge < -0.3 is 9.88 Å². The summed E-state index contributed by atoms with van der Waals surface area (Å²) in [5, 5.41) is 7.35. The van der Waals surface area contributed by atoms with Gasteiger partial charge in [-0.15, -0.1) is 0 Å². The fourth-order valence-corrected chi connectivity index (χ4v) is 4.38. The molecule has 0 bridgehead atoms. The molecule has 1 N–H and O–H groups in total. The van der Waals surface area contributed by atoms with Crippen LogP contribution in [0.25, 0.3) is 22.2 Å². The first-order valence-corrected chi connectivity index (χ1v) is 12.1. The molecule has 3 aromatic heterocycles. The molecule has 0 aliphatic rings. The van der Waals surface area contributed by atoms with Gasteiger partial charge in [-0.1, -0.05) is 0 Å². The lowest BCUT2D eigenvalue weighted by Gasteiger charge is -2.19. The fraction of sp³-hybridized carbons (Fsp3) is 0.346. The zero-order chi connectivity index (χ0) is 29.4. The molecule has 212 valence electrons. The number of nitrogens with one attached hydrogen (secondary N) is 1. The van der Waals surface area contributed by atoms with E-state index in [-0.39, 0.29) is 17.9 Å². The standard InChI is InChI=1S/C26H24F6N6O2/c1-14-9-17(22-33-11-18(12-34-22)25(27,28)29)10-16-6-8-38(23(39)20(14)16)7-4-5-15(2)36-19-13-35-37(3)24(40)21(19)26(30,31)32/h6,8-13,15,36H,4-5,7H2,1-3H3/t15-/m0/s1. The van der Waals surface area contributed by atoms with Crippen LogP contribution in [-0.2, 0) is 25.9 Å². The number of fused-ring (bicyclic) bond motifs is 1. The summed E-state index contributed by atoms with van der Waals surface area (Å²) in [5.41, 5.74) is -3.19. The molecular formula is C26H24F6N6O2. The number of alkyl halides is 6. The first-order valence-electron chi connectivity index (χ1n) is 12.1. The highest BCUT2D eigenvalue weighted by Crippen LogP contribution is 2.32. The van der Waals surface area contributed by atoms with Crippen molar-refractivity contribution in [3.8, 4) is 11.4 Å². The minimum absolute atomic E-state index is 0.0869. The molecule has 0 amide bonds. The van der Waals surface area contributed by atoms with Crippen LogP contribution in [0.15, 0.2) is 52.6 Å². The molecule has 14 heteroatoms. The summed E-state index contributed by atoms with van der Waals surface area (Å²) in [7, 11) is 1.14. The summed E-state index contributed by atoms with van der Waals surface area (Å²) < 4.78 is 80.8. The van der Waals surface area contributed by atoms with E-state index >= 15 is 0 Å². The number of halogens is 6. The van der Waals surface area contributed by atoms with Crippen LogP contribution in [0.3, 0.4) is 0 Å². The van der Waals surface area contributed by atoms with Crippen molar-refractivity contribution in [2.75, 3.05) is 5.32 Å². The quantitative estimate of drug-likeness (QED) is 0.310. The van der Waals surface area contributed by atoms with Crippen LogP contribution in [0.1, 0.15) is 36.5 Å². The van der Waals surface area contributed by atoms with Crippen molar-refractivity contribution < 1.29 is 26.3 Å². The number of anilines is 1. The number of nitrogens with zero attached hydrogens (tertiary/aromatic N) is 5. The molecule has 0 aliphatic heterocycles. The number of pyridine rings is 1. The Labute approximate surface area is 223 Å². The summed E-state index contributed by atoms with van der Waals surface area (Å²) in [6, 6.07) is 4.48. The minimum atomic E-state index is -4.85. The van der Waals surface area contributed by atoms with E-state index in [2.05, 4.69) is 20.4 Å². The van der Waals surface area contributed by atoms with E-state index in [0.29, 0.717) is 51.8 Å². The van der Waals surface area contributed by atoms with Gasteiger partial charge in [0.15, 0.2) is 5.82 Å². The lowest BCUT2D eigenvalue weighted by atomic mass is 10.0. The van der Waals surface area contributed by atoms with E-state index in [1.807, 2.05) is 0 Å². The Hall–Kier alpha value is -4.23. The first-order chi connectivity index (χ1) is 18.7. The maximum Gasteiger partial charge on any atom is 0.423 e. The molecule has 4 aromatic rings. The van der Waals surface area contributed by atoms with Crippen LogP contribution in [-0.4, -0.2) is 30.4 Å². The smallest absolute Gasteiger partial charge is 0.381 e. The van der Waals surface area contributed by atoms with Crippen LogP contribution in [0.4, 0.5) is 32.0 Å². The summed E-state index contributed by atoms with van der Waals surface area (Å²) >= 11 is 0. The van der Waals surface area contributed by atoms with E-state index in [4.69, 9.17) is 0 Å². The third-order valence-electron chi connectivity index (χ3n) is 6.37. The van der Waals surface area contributed by atoms with Crippen molar-refractivity contribution in [1.29, 1.82) is 0 Å². The van der Waals surface area contributed by atoms with Gasteiger partial charge in [0, 0.05) is 43.8 Å². The highest BCUT2D eigenvalue weighted by atomic mass is 19.4. The number of aryl methyl sites for hydroxylation is 3. The fourth-order valence-electron chi connectivity index (χ4n) is 4.38. The normalized spacial score (nSPS) is 13.0. The molecule has 4 rings (SSSR count). The van der Waals surface area contributed by atoms with E-state index in [1.165, 1.54) is 4.57 Å². The second-order valence-electron chi connectivity index (χ2n) is 9.41. The molecule has 0 unspecified atom stereocenters. The monoisotopic (exact) mass is 566 g/mol. The van der Waals surface area contributed by atoms with Crippen molar-refractivity contribution >= 4 is 16.5 Å². The molecule has 0 spiro atoms. The predicted octanol–water partition coefficient (Wildman–Crippen LogP) is 5.18. The van der Waals surface area contributed by atoms with Gasteiger partial charge in [0.05, 0.1) is 22.8 Å². The molecule has 1 aromatic carbocycles. The van der Waals surface area contributed by atoms with Crippen molar-refractivity contribution in [2.45, 2.75) is 51.6 Å². The topological polar surface area (TPSA) is 94.7 Å². The Bertz CT molecular complexity index is 1660. The average Bonchev–Trinajstić information content (AvgIpc) is 2.86. The van der Waals surface area contributed by atoms with E-state index in [1.54, 1.807) is 38.2 Å². The lowest BCUT2D eigenvalue weighted by molar-refractivity contribution is -0.139. The average molecular weight is 567 g/mol. The third kappa shape index (κ3) is 6.00. The van der Waals surface area contributed by atoms with Gasteiger partial charge in [0.2, 0.25) is 0 Å². The summed E-state index contributed by atoms with van der Waals surface area (Å²) in [6.07, 6.45) is -4.64. The zero-order valence-corrected chi connectivity index (χ0v) is 21.6. The Morgan fingerprint density at radius 2 is 1.65 bits per heavy atom. The molecule has 0 fully saturated rings. The van der Waals surface area contributed by atoms with Crippen molar-refractivity contribution in [2.24, 2.45) is 7.05 Å². The zero-order valence-electron chi connectivity index (χ0n) is 21.6. The van der Waals surface area contributed by atoms with Gasteiger partial charge in [-0.25, -0.2) is 14.6 Å². The summed E-state index contributed by atoms with van der Waals surface area (Å²) in [4.78, 5) is 32.8. The molecule has 40 heavy (non-hydrogen) atoms. The SMILES string of the molecule is Cc1cc(-c2ncc(C(F)(F)F)cn2)cc2ccn(CCC[C@H](C)Nc3cnn(C)c(=O)c3C(F)(F)F)c(=O)c12. The van der Waals surface area contributed by atoms with Crippen LogP contribution < -0.4 is 16.4 Å². The van der Waals surface area contributed by atoms with Crippen LogP contribution >= 0.6 is 0 Å². The molecule has 1 atom stereocenters. The Morgan fingerprint density at radius 3 is 2.27 bits per heavy atom. The Kier molecular flexibility index (Phi) is 7.72. The molecule has 0 aliphatic carbocycles. The van der Waals surface area contributed by atoms with Gasteiger partial charge in [-0.05, 0) is 55.8 Å². The molecule has 0 radical (unpaired) electrons. The number of aromatic nitrogens is 5. The second kappa shape index (κ2) is 10.7. The van der Waals surface area contributed by atoms with Crippen molar-refractivity contribution in [1.82, 2.24) is 24.3 Å². The first kappa shape index (κ1) is 28.8. The highest BCUT2D eigenvalue weighted by Gasteiger charge is 2.38. The summed E-state index contributed by atoms with van der Waals surface area (Å²) in [5.74, 6) is 0.0869. The molecule has 0 saturated heterocycles. The van der Waals surface area contributed by atoms with Crippen LogP contribution in [0, 0.1) is 6.92 Å². The Balaban J connectivity index is 1.48. The predicted molar refractivity (Wildman–Crippen MR) is 136 cm³/mol. The maximum atomic E-state index is 13.4. The summed E-state index contributed by atoms with van der Waals surface area (Å²) in [6.45, 7) is 3.64. The van der Waals surface area contributed by atoms with Crippen molar-refractivity contribution in [3.63, 3.8) is 0 Å². The Morgan fingerprint density at radius 1 is 0.975 bits per heavy atom. The van der Waals surface area contributed by atoms with Gasteiger partial charge in [-0.3, -0.25) is 9.59 Å². The largest absolute Gasteiger partial charge is 0.423 e. The number of hydrogen-bond acceptors (Lipinski definition) is 6. The number of benzene rings is 1. The second-order valence-corrected chi connectivity index (χ2v) is 9.41. The molecule has 3 heterocycles.